The normalized spacial score (nSPS) is 18.5. The third-order valence-corrected chi connectivity index (χ3v) is 6.30. The Morgan fingerprint density at radius 2 is 1.84 bits per heavy atom. The molecule has 32 heavy (non-hydrogen) atoms. The molecule has 0 bridgehead atoms. The highest BCUT2D eigenvalue weighted by Gasteiger charge is 2.41. The Balaban J connectivity index is 2.03. The van der Waals surface area contributed by atoms with E-state index in [9.17, 15) is 20.2 Å². The van der Waals surface area contributed by atoms with Crippen LogP contribution >= 0.6 is 0 Å². The first kappa shape index (κ1) is 21.3. The molecule has 2 aromatic carbocycles. The van der Waals surface area contributed by atoms with Gasteiger partial charge in [-0.15, -0.1) is 0 Å². The van der Waals surface area contributed by atoms with E-state index in [1.165, 1.54) is 12.1 Å². The zero-order chi connectivity index (χ0) is 23.2. The number of allylic oxidation sites excluding steroid dienone is 3. The molecule has 0 fully saturated rings. The highest BCUT2D eigenvalue weighted by atomic mass is 16.6. The molecule has 2 aromatic rings. The number of carbonyl (C=O) groups excluding carboxylic acids is 1. The number of rotatable bonds is 3. The standard InChI is InChI=1S/C25H24N4O3/c1-14-7-8-15(2)18(11-14)23-19(13-26)25(27)28(20-5-4-6-22(30)24(20)23)21-12-17(29(31)32)10-9-16(21)3/h7-12,23H,4-6,27H2,1-3H3. The molecule has 162 valence electrons. The maximum atomic E-state index is 13.2. The molecular formula is C25H24N4O3. The minimum atomic E-state index is -0.544. The van der Waals surface area contributed by atoms with Gasteiger partial charge in [-0.1, -0.05) is 29.8 Å². The molecule has 0 amide bonds. The fraction of sp³-hybridized carbons (Fsp3) is 0.280. The Bertz CT molecular complexity index is 1270. The van der Waals surface area contributed by atoms with Crippen LogP contribution in [0.25, 0.3) is 0 Å². The number of nitrogens with zero attached hydrogens (tertiary/aromatic N) is 3. The van der Waals surface area contributed by atoms with E-state index in [1.54, 1.807) is 11.0 Å². The summed E-state index contributed by atoms with van der Waals surface area (Å²) in [5, 5.41) is 21.6. The second kappa shape index (κ2) is 7.97. The van der Waals surface area contributed by atoms with Crippen LogP contribution in [0.4, 0.5) is 11.4 Å². The molecule has 2 N–H and O–H groups in total. The van der Waals surface area contributed by atoms with Crippen LogP contribution in [-0.4, -0.2) is 10.7 Å². The molecule has 1 atom stereocenters. The average molecular weight is 428 g/mol. The summed E-state index contributed by atoms with van der Waals surface area (Å²) in [5.74, 6) is -0.334. The zero-order valence-electron chi connectivity index (χ0n) is 18.3. The van der Waals surface area contributed by atoms with E-state index in [4.69, 9.17) is 5.73 Å². The molecular weight excluding hydrogens is 404 g/mol. The van der Waals surface area contributed by atoms with Gasteiger partial charge >= 0.3 is 0 Å². The first-order valence-corrected chi connectivity index (χ1v) is 10.5. The van der Waals surface area contributed by atoms with Gasteiger partial charge in [0.1, 0.15) is 5.82 Å². The Hall–Kier alpha value is -3.92. The topological polar surface area (TPSA) is 113 Å². The van der Waals surface area contributed by atoms with Crippen molar-refractivity contribution in [2.75, 3.05) is 4.90 Å². The van der Waals surface area contributed by atoms with Gasteiger partial charge < -0.3 is 5.73 Å². The first-order valence-electron chi connectivity index (χ1n) is 10.5. The molecule has 0 spiro atoms. The number of benzene rings is 2. The van der Waals surface area contributed by atoms with Gasteiger partial charge in [0.25, 0.3) is 5.69 Å². The Morgan fingerprint density at radius 1 is 1.12 bits per heavy atom. The van der Waals surface area contributed by atoms with Gasteiger partial charge in [-0.3, -0.25) is 19.8 Å². The van der Waals surface area contributed by atoms with Gasteiger partial charge in [0.2, 0.25) is 0 Å². The third-order valence-electron chi connectivity index (χ3n) is 6.30. The number of aryl methyl sites for hydroxylation is 3. The Kier molecular flexibility index (Phi) is 5.31. The molecule has 7 heteroatoms. The Labute approximate surface area is 186 Å². The number of Topliss-reactive ketones (excluding diaryl/α,β-unsaturated/α-hetero) is 1. The van der Waals surface area contributed by atoms with Gasteiger partial charge in [-0.25, -0.2) is 0 Å². The number of hydrogen-bond acceptors (Lipinski definition) is 6. The maximum Gasteiger partial charge on any atom is 0.271 e. The SMILES string of the molecule is Cc1ccc(C)c(C2C(C#N)=C(N)N(c3cc([N+](=O)[O-])ccc3C)C3=C2C(=O)CCC3)c1. The minimum Gasteiger partial charge on any atom is -0.384 e. The van der Waals surface area contributed by atoms with Crippen LogP contribution in [0.5, 0.6) is 0 Å². The van der Waals surface area contributed by atoms with E-state index in [0.29, 0.717) is 36.1 Å². The molecule has 0 saturated heterocycles. The van der Waals surface area contributed by atoms with Crippen LogP contribution in [-0.2, 0) is 4.79 Å². The van der Waals surface area contributed by atoms with Crippen LogP contribution in [0.2, 0.25) is 0 Å². The van der Waals surface area contributed by atoms with Crippen LogP contribution in [0.15, 0.2) is 59.1 Å². The number of nitriles is 1. The molecule has 1 unspecified atom stereocenters. The number of ketones is 1. The summed E-state index contributed by atoms with van der Waals surface area (Å²) in [6, 6.07) is 12.8. The highest BCUT2D eigenvalue weighted by Crippen LogP contribution is 2.47. The van der Waals surface area contributed by atoms with Crippen molar-refractivity contribution >= 4 is 17.2 Å². The van der Waals surface area contributed by atoms with Crippen molar-refractivity contribution in [3.63, 3.8) is 0 Å². The largest absolute Gasteiger partial charge is 0.384 e. The molecule has 2 aliphatic rings. The van der Waals surface area contributed by atoms with Gasteiger partial charge in [-0.05, 0) is 50.3 Å². The van der Waals surface area contributed by atoms with E-state index < -0.39 is 10.8 Å². The summed E-state index contributed by atoms with van der Waals surface area (Å²) < 4.78 is 0. The fourth-order valence-electron chi connectivity index (χ4n) is 4.70. The van der Waals surface area contributed by atoms with E-state index in [0.717, 1.165) is 28.0 Å². The second-order valence-electron chi connectivity index (χ2n) is 8.40. The summed E-state index contributed by atoms with van der Waals surface area (Å²) in [5.41, 5.74) is 12.3. The summed E-state index contributed by atoms with van der Waals surface area (Å²) in [6.45, 7) is 5.77. The smallest absolute Gasteiger partial charge is 0.271 e. The van der Waals surface area contributed by atoms with Crippen LogP contribution < -0.4 is 10.6 Å². The first-order chi connectivity index (χ1) is 15.2. The summed E-state index contributed by atoms with van der Waals surface area (Å²) in [6.07, 6.45) is 1.67. The molecule has 7 nitrogen and oxygen atoms in total. The number of nitro benzene ring substituents is 1. The van der Waals surface area contributed by atoms with Gasteiger partial charge in [0.15, 0.2) is 5.78 Å². The van der Waals surface area contributed by atoms with E-state index in [-0.39, 0.29) is 17.3 Å². The maximum absolute atomic E-state index is 13.2. The van der Waals surface area contributed by atoms with Gasteiger partial charge in [0, 0.05) is 29.8 Å². The highest BCUT2D eigenvalue weighted by molar-refractivity contribution is 6.01. The number of hydrogen-bond donors (Lipinski definition) is 1. The molecule has 1 heterocycles. The fourth-order valence-corrected chi connectivity index (χ4v) is 4.70. The van der Waals surface area contributed by atoms with Crippen LogP contribution in [0.3, 0.4) is 0 Å². The monoisotopic (exact) mass is 428 g/mol. The van der Waals surface area contributed by atoms with Crippen molar-refractivity contribution in [1.29, 1.82) is 5.26 Å². The van der Waals surface area contributed by atoms with Gasteiger partial charge in [0.05, 0.1) is 28.2 Å². The predicted molar refractivity (Wildman–Crippen MR) is 122 cm³/mol. The molecule has 0 aromatic heterocycles. The average Bonchev–Trinajstić information content (AvgIpc) is 2.75. The Morgan fingerprint density at radius 3 is 2.53 bits per heavy atom. The summed E-state index contributed by atoms with van der Waals surface area (Å²) >= 11 is 0. The van der Waals surface area contributed by atoms with E-state index in [1.807, 2.05) is 39.0 Å². The minimum absolute atomic E-state index is 0.00881. The molecule has 0 saturated carbocycles. The van der Waals surface area contributed by atoms with Crippen molar-refractivity contribution in [2.45, 2.75) is 46.0 Å². The van der Waals surface area contributed by atoms with Gasteiger partial charge in [-0.2, -0.15) is 5.26 Å². The van der Waals surface area contributed by atoms with Crippen LogP contribution in [0.1, 0.15) is 47.4 Å². The molecule has 1 aliphatic carbocycles. The number of carbonyl (C=O) groups is 1. The lowest BCUT2D eigenvalue weighted by atomic mass is 9.74. The molecule has 4 rings (SSSR count). The molecule has 0 radical (unpaired) electrons. The summed E-state index contributed by atoms with van der Waals surface area (Å²) in [4.78, 5) is 25.9. The summed E-state index contributed by atoms with van der Waals surface area (Å²) in [7, 11) is 0. The lowest BCUT2D eigenvalue weighted by Crippen LogP contribution is -2.39. The van der Waals surface area contributed by atoms with Crippen molar-refractivity contribution in [1.82, 2.24) is 0 Å². The lowest BCUT2D eigenvalue weighted by Gasteiger charge is -2.40. The molecule has 1 aliphatic heterocycles. The lowest BCUT2D eigenvalue weighted by molar-refractivity contribution is -0.384. The van der Waals surface area contributed by atoms with Crippen molar-refractivity contribution in [2.24, 2.45) is 5.73 Å². The van der Waals surface area contributed by atoms with E-state index in [2.05, 4.69) is 6.07 Å². The number of anilines is 1. The number of nitro groups is 1. The van der Waals surface area contributed by atoms with E-state index >= 15 is 0 Å². The quantitative estimate of drug-likeness (QED) is 0.554. The number of nitrogens with two attached hydrogens (primary N) is 1. The van der Waals surface area contributed by atoms with Crippen molar-refractivity contribution in [3.05, 3.63) is 91.4 Å². The number of non-ortho nitro benzene ring substituents is 1. The van der Waals surface area contributed by atoms with Crippen LogP contribution in [0, 0.1) is 42.2 Å². The second-order valence-corrected chi connectivity index (χ2v) is 8.40. The van der Waals surface area contributed by atoms with Crippen molar-refractivity contribution < 1.29 is 9.72 Å². The van der Waals surface area contributed by atoms with Crippen molar-refractivity contribution in [3.8, 4) is 6.07 Å². The zero-order valence-corrected chi connectivity index (χ0v) is 18.3. The predicted octanol–water partition coefficient (Wildman–Crippen LogP) is 4.82. The third kappa shape index (κ3) is 3.34.